The molecule has 1 aliphatic heterocycles. The minimum atomic E-state index is -0.831. The van der Waals surface area contributed by atoms with Crippen molar-refractivity contribution in [3.8, 4) is 0 Å². The number of aliphatic carboxylic acids is 1. The zero-order chi connectivity index (χ0) is 13.4. The third-order valence-corrected chi connectivity index (χ3v) is 3.00. The number of nitrogens with zero attached hydrogens (tertiary/aromatic N) is 1. The van der Waals surface area contributed by atoms with Gasteiger partial charge in [0.05, 0.1) is 6.10 Å². The minimum Gasteiger partial charge on any atom is -0.481 e. The molecule has 6 nitrogen and oxygen atoms in total. The number of carboxylic acid groups (broad SMARTS) is 1. The number of hydrogen-bond donors (Lipinski definition) is 2. The van der Waals surface area contributed by atoms with Gasteiger partial charge in [0.2, 0.25) is 0 Å². The lowest BCUT2D eigenvalue weighted by Gasteiger charge is -2.18. The first kappa shape index (κ1) is 14.8. The Morgan fingerprint density at radius 3 is 2.89 bits per heavy atom. The first-order valence-electron chi connectivity index (χ1n) is 6.42. The van der Waals surface area contributed by atoms with Gasteiger partial charge in [-0.1, -0.05) is 0 Å². The van der Waals surface area contributed by atoms with Gasteiger partial charge in [0.25, 0.3) is 0 Å². The molecule has 1 unspecified atom stereocenters. The highest BCUT2D eigenvalue weighted by molar-refractivity contribution is 5.73. The van der Waals surface area contributed by atoms with Crippen molar-refractivity contribution in [2.75, 3.05) is 26.7 Å². The predicted molar refractivity (Wildman–Crippen MR) is 66.5 cm³/mol. The summed E-state index contributed by atoms with van der Waals surface area (Å²) in [5.41, 5.74) is 0. The number of carbonyl (C=O) groups excluding carboxylic acids is 1. The standard InChI is InChI=1S/C12H22N2O4/c1-14(8-2-5-11(15)16)12(17)13-7-6-10-4-3-9-18-10/h10H,2-9H2,1H3,(H,13,17)(H,15,16). The van der Waals surface area contributed by atoms with Gasteiger partial charge in [0.15, 0.2) is 0 Å². The highest BCUT2D eigenvalue weighted by atomic mass is 16.5. The van der Waals surface area contributed by atoms with Gasteiger partial charge in [-0.15, -0.1) is 0 Å². The molecule has 2 amide bonds. The topological polar surface area (TPSA) is 78.9 Å². The van der Waals surface area contributed by atoms with E-state index in [1.807, 2.05) is 0 Å². The maximum atomic E-state index is 11.6. The summed E-state index contributed by atoms with van der Waals surface area (Å²) in [6.45, 7) is 1.89. The molecule has 0 aliphatic carbocycles. The molecule has 0 radical (unpaired) electrons. The number of carbonyl (C=O) groups is 2. The molecule has 0 saturated carbocycles. The summed E-state index contributed by atoms with van der Waals surface area (Å²) in [6, 6.07) is -0.154. The van der Waals surface area contributed by atoms with Crippen molar-refractivity contribution < 1.29 is 19.4 Å². The molecule has 0 aromatic carbocycles. The van der Waals surface area contributed by atoms with Crippen molar-refractivity contribution in [3.63, 3.8) is 0 Å². The van der Waals surface area contributed by atoms with Gasteiger partial charge in [-0.25, -0.2) is 4.79 Å². The van der Waals surface area contributed by atoms with Gasteiger partial charge in [-0.3, -0.25) is 4.79 Å². The second-order valence-corrected chi connectivity index (χ2v) is 4.57. The summed E-state index contributed by atoms with van der Waals surface area (Å²) < 4.78 is 5.46. The van der Waals surface area contributed by atoms with Crippen LogP contribution >= 0.6 is 0 Å². The van der Waals surface area contributed by atoms with Crippen molar-refractivity contribution in [2.24, 2.45) is 0 Å². The van der Waals surface area contributed by atoms with E-state index in [2.05, 4.69) is 5.32 Å². The van der Waals surface area contributed by atoms with Crippen LogP contribution < -0.4 is 5.32 Å². The Labute approximate surface area is 107 Å². The van der Waals surface area contributed by atoms with Crippen LogP contribution in [0, 0.1) is 0 Å². The largest absolute Gasteiger partial charge is 0.481 e. The third kappa shape index (κ3) is 5.86. The summed E-state index contributed by atoms with van der Waals surface area (Å²) >= 11 is 0. The highest BCUT2D eigenvalue weighted by Crippen LogP contribution is 2.14. The lowest BCUT2D eigenvalue weighted by molar-refractivity contribution is -0.137. The second-order valence-electron chi connectivity index (χ2n) is 4.57. The highest BCUT2D eigenvalue weighted by Gasteiger charge is 2.15. The molecule has 0 spiro atoms. The minimum absolute atomic E-state index is 0.0908. The van der Waals surface area contributed by atoms with Gasteiger partial charge in [-0.2, -0.15) is 0 Å². The lowest BCUT2D eigenvalue weighted by atomic mass is 10.2. The monoisotopic (exact) mass is 258 g/mol. The first-order valence-corrected chi connectivity index (χ1v) is 6.42. The molecule has 1 fully saturated rings. The molecule has 1 aliphatic rings. The number of nitrogens with one attached hydrogen (secondary N) is 1. The Morgan fingerprint density at radius 1 is 1.50 bits per heavy atom. The van der Waals surface area contributed by atoms with Crippen LogP contribution in [-0.2, 0) is 9.53 Å². The van der Waals surface area contributed by atoms with Crippen LogP contribution in [0.2, 0.25) is 0 Å². The molecule has 0 aromatic heterocycles. The van der Waals surface area contributed by atoms with E-state index < -0.39 is 5.97 Å². The fourth-order valence-corrected chi connectivity index (χ4v) is 1.92. The molecule has 2 N–H and O–H groups in total. The second kappa shape index (κ2) is 7.92. The third-order valence-electron chi connectivity index (χ3n) is 3.00. The smallest absolute Gasteiger partial charge is 0.317 e. The Bertz CT molecular complexity index is 277. The Kier molecular flexibility index (Phi) is 6.49. The molecule has 0 aromatic rings. The van der Waals surface area contributed by atoms with Crippen molar-refractivity contribution in [2.45, 2.75) is 38.2 Å². The van der Waals surface area contributed by atoms with Crippen LogP contribution in [0.15, 0.2) is 0 Å². The number of ether oxygens (including phenoxy) is 1. The zero-order valence-corrected chi connectivity index (χ0v) is 10.9. The Morgan fingerprint density at radius 2 is 2.28 bits per heavy atom. The maximum Gasteiger partial charge on any atom is 0.317 e. The van der Waals surface area contributed by atoms with E-state index in [0.29, 0.717) is 19.5 Å². The Hall–Kier alpha value is -1.30. The summed E-state index contributed by atoms with van der Waals surface area (Å²) in [7, 11) is 1.67. The van der Waals surface area contributed by atoms with Gasteiger partial charge in [0.1, 0.15) is 0 Å². The molecule has 1 atom stereocenters. The molecule has 1 rings (SSSR count). The summed E-state index contributed by atoms with van der Waals surface area (Å²) in [6.07, 6.45) is 3.87. The van der Waals surface area contributed by atoms with Crippen LogP contribution in [0.1, 0.15) is 32.1 Å². The van der Waals surface area contributed by atoms with E-state index in [0.717, 1.165) is 25.9 Å². The van der Waals surface area contributed by atoms with Crippen LogP contribution in [0.3, 0.4) is 0 Å². The van der Waals surface area contributed by atoms with Crippen LogP contribution in [-0.4, -0.2) is 54.9 Å². The molecule has 104 valence electrons. The fraction of sp³-hybridized carbons (Fsp3) is 0.833. The quantitative estimate of drug-likeness (QED) is 0.715. The molecule has 1 heterocycles. The van der Waals surface area contributed by atoms with E-state index in [4.69, 9.17) is 9.84 Å². The van der Waals surface area contributed by atoms with Gasteiger partial charge >= 0.3 is 12.0 Å². The van der Waals surface area contributed by atoms with Crippen molar-refractivity contribution in [3.05, 3.63) is 0 Å². The first-order chi connectivity index (χ1) is 8.59. The summed E-state index contributed by atoms with van der Waals surface area (Å²) in [5.74, 6) is -0.831. The van der Waals surface area contributed by atoms with E-state index in [1.165, 1.54) is 4.90 Å². The molecular weight excluding hydrogens is 236 g/mol. The van der Waals surface area contributed by atoms with Crippen LogP contribution in [0.25, 0.3) is 0 Å². The van der Waals surface area contributed by atoms with E-state index in [1.54, 1.807) is 7.05 Å². The number of hydrogen-bond acceptors (Lipinski definition) is 3. The van der Waals surface area contributed by atoms with E-state index in [-0.39, 0.29) is 18.6 Å². The Balaban J connectivity index is 2.05. The molecule has 6 heteroatoms. The predicted octanol–water partition coefficient (Wildman–Crippen LogP) is 1.06. The summed E-state index contributed by atoms with van der Waals surface area (Å²) in [5, 5.41) is 11.3. The molecule has 18 heavy (non-hydrogen) atoms. The van der Waals surface area contributed by atoms with Crippen LogP contribution in [0.5, 0.6) is 0 Å². The molecule has 1 saturated heterocycles. The average Bonchev–Trinajstić information content (AvgIpc) is 2.81. The van der Waals surface area contributed by atoms with Crippen molar-refractivity contribution >= 4 is 12.0 Å². The van der Waals surface area contributed by atoms with Crippen molar-refractivity contribution in [1.29, 1.82) is 0 Å². The number of amides is 2. The molecular formula is C12H22N2O4. The number of rotatable bonds is 7. The van der Waals surface area contributed by atoms with Crippen LogP contribution in [0.4, 0.5) is 4.79 Å². The normalized spacial score (nSPS) is 18.6. The van der Waals surface area contributed by atoms with Gasteiger partial charge in [0, 0.05) is 33.2 Å². The SMILES string of the molecule is CN(CCCC(=O)O)C(=O)NCCC1CCCO1. The van der Waals surface area contributed by atoms with E-state index in [9.17, 15) is 9.59 Å². The van der Waals surface area contributed by atoms with Gasteiger partial charge in [-0.05, 0) is 25.7 Å². The fourth-order valence-electron chi connectivity index (χ4n) is 1.92. The maximum absolute atomic E-state index is 11.6. The molecule has 0 bridgehead atoms. The van der Waals surface area contributed by atoms with E-state index >= 15 is 0 Å². The zero-order valence-electron chi connectivity index (χ0n) is 10.9. The van der Waals surface area contributed by atoms with Gasteiger partial charge < -0.3 is 20.1 Å². The number of carboxylic acids is 1. The average molecular weight is 258 g/mol. The van der Waals surface area contributed by atoms with Crippen molar-refractivity contribution in [1.82, 2.24) is 10.2 Å². The lowest BCUT2D eigenvalue weighted by Crippen LogP contribution is -2.39. The number of urea groups is 1. The summed E-state index contributed by atoms with van der Waals surface area (Å²) in [4.78, 5) is 23.5.